The summed E-state index contributed by atoms with van der Waals surface area (Å²) in [6.45, 7) is -0.438. The molecular weight excluding hydrogens is 482 g/mol. The van der Waals surface area contributed by atoms with Crippen LogP contribution in [0.25, 0.3) is 0 Å². The number of nitrogens with zero attached hydrogens (tertiary/aromatic N) is 2. The highest BCUT2D eigenvalue weighted by atomic mass is 79.9. The van der Waals surface area contributed by atoms with Crippen molar-refractivity contribution in [3.63, 3.8) is 0 Å². The van der Waals surface area contributed by atoms with Gasteiger partial charge in [0.2, 0.25) is 0 Å². The fourth-order valence-corrected chi connectivity index (χ4v) is 2.94. The number of rotatable bonds is 8. The number of hydrogen-bond donors (Lipinski definition) is 1. The second-order valence-electron chi connectivity index (χ2n) is 6.25. The largest absolute Gasteiger partial charge is 0.477 e. The van der Waals surface area contributed by atoms with Crippen molar-refractivity contribution in [2.24, 2.45) is 5.10 Å². The van der Waals surface area contributed by atoms with E-state index in [1.165, 1.54) is 24.4 Å². The third-order valence-corrected chi connectivity index (χ3v) is 4.70. The van der Waals surface area contributed by atoms with Gasteiger partial charge in [0.25, 0.3) is 5.91 Å². The molecule has 0 bridgehead atoms. The number of nitro groups is 1. The topological polar surface area (TPSA) is 120 Å². The molecule has 3 aromatic rings. The number of ether oxygens (including phenoxy) is 2. The van der Waals surface area contributed by atoms with E-state index in [2.05, 4.69) is 26.5 Å². The van der Waals surface area contributed by atoms with Crippen LogP contribution in [0, 0.1) is 10.1 Å². The highest BCUT2D eigenvalue weighted by molar-refractivity contribution is 9.10. The number of hydrazone groups is 1. The van der Waals surface area contributed by atoms with E-state index < -0.39 is 23.4 Å². The van der Waals surface area contributed by atoms with Crippen LogP contribution in [0.1, 0.15) is 15.9 Å². The smallest absolute Gasteiger partial charge is 0.344 e. The molecule has 0 spiro atoms. The zero-order chi connectivity index (χ0) is 22.9. The van der Waals surface area contributed by atoms with Gasteiger partial charge in [-0.05, 0) is 64.0 Å². The summed E-state index contributed by atoms with van der Waals surface area (Å²) in [5, 5.41) is 14.7. The average molecular weight is 498 g/mol. The Labute approximate surface area is 190 Å². The highest BCUT2D eigenvalue weighted by Crippen LogP contribution is 2.25. The van der Waals surface area contributed by atoms with E-state index in [9.17, 15) is 19.7 Å². The van der Waals surface area contributed by atoms with Crippen LogP contribution in [0.5, 0.6) is 11.5 Å². The predicted octanol–water partition coefficient (Wildman–Crippen LogP) is 4.11. The van der Waals surface area contributed by atoms with Gasteiger partial charge in [0.05, 0.1) is 16.7 Å². The zero-order valence-electron chi connectivity index (χ0n) is 16.4. The standard InChI is InChI=1S/C22H16BrN3O6/c23-18-6-2-1-5-17(18)22(28)32-16-11-9-15(10-12-16)13-24-25-21(27)14-31-20-8-4-3-7-19(20)26(29)30/h1-13H,14H2,(H,25,27). The van der Waals surface area contributed by atoms with Crippen molar-refractivity contribution in [2.45, 2.75) is 0 Å². The lowest BCUT2D eigenvalue weighted by atomic mass is 10.2. The van der Waals surface area contributed by atoms with Crippen molar-refractivity contribution < 1.29 is 24.0 Å². The van der Waals surface area contributed by atoms with E-state index in [4.69, 9.17) is 9.47 Å². The second kappa shape index (κ2) is 10.8. The summed E-state index contributed by atoms with van der Waals surface area (Å²) in [4.78, 5) is 34.4. The maximum Gasteiger partial charge on any atom is 0.344 e. The fraction of sp³-hybridized carbons (Fsp3) is 0.0455. The molecule has 162 valence electrons. The summed E-state index contributed by atoms with van der Waals surface area (Å²) >= 11 is 3.30. The lowest BCUT2D eigenvalue weighted by Gasteiger charge is -2.06. The molecule has 32 heavy (non-hydrogen) atoms. The summed E-state index contributed by atoms with van der Waals surface area (Å²) in [6, 6.07) is 19.2. The molecule has 0 saturated carbocycles. The number of para-hydroxylation sites is 2. The Bertz CT molecular complexity index is 1160. The van der Waals surface area contributed by atoms with E-state index in [1.807, 2.05) is 0 Å². The number of carbonyl (C=O) groups excluding carboxylic acids is 2. The summed E-state index contributed by atoms with van der Waals surface area (Å²) in [5.41, 5.74) is 3.09. The van der Waals surface area contributed by atoms with Gasteiger partial charge in [0.1, 0.15) is 5.75 Å². The minimum atomic E-state index is -0.592. The molecule has 0 heterocycles. The Kier molecular flexibility index (Phi) is 7.65. The van der Waals surface area contributed by atoms with Gasteiger partial charge >= 0.3 is 11.7 Å². The Balaban J connectivity index is 1.49. The average Bonchev–Trinajstić information content (AvgIpc) is 2.79. The van der Waals surface area contributed by atoms with Gasteiger partial charge in [-0.25, -0.2) is 10.2 Å². The van der Waals surface area contributed by atoms with Crippen LogP contribution in [-0.4, -0.2) is 29.6 Å². The number of halogens is 1. The van der Waals surface area contributed by atoms with Gasteiger partial charge in [-0.2, -0.15) is 5.10 Å². The second-order valence-corrected chi connectivity index (χ2v) is 7.10. The number of nitrogens with one attached hydrogen (secondary N) is 1. The van der Waals surface area contributed by atoms with E-state index in [1.54, 1.807) is 54.6 Å². The predicted molar refractivity (Wildman–Crippen MR) is 120 cm³/mol. The summed E-state index contributed by atoms with van der Waals surface area (Å²) in [6.07, 6.45) is 1.39. The molecule has 0 fully saturated rings. The Hall–Kier alpha value is -4.05. The lowest BCUT2D eigenvalue weighted by Crippen LogP contribution is -2.24. The molecule has 1 amide bonds. The molecule has 0 aromatic heterocycles. The van der Waals surface area contributed by atoms with Gasteiger partial charge in [-0.15, -0.1) is 0 Å². The first-order chi connectivity index (χ1) is 15.4. The molecule has 0 aliphatic rings. The van der Waals surface area contributed by atoms with Crippen LogP contribution in [0.3, 0.4) is 0 Å². The number of hydrogen-bond acceptors (Lipinski definition) is 7. The van der Waals surface area contributed by atoms with Gasteiger partial charge < -0.3 is 9.47 Å². The summed E-state index contributed by atoms with van der Waals surface area (Å²) in [5.74, 6) is -0.739. The number of esters is 1. The highest BCUT2D eigenvalue weighted by Gasteiger charge is 2.15. The van der Waals surface area contributed by atoms with Crippen LogP contribution in [0.2, 0.25) is 0 Å². The molecule has 9 nitrogen and oxygen atoms in total. The number of amides is 1. The maximum atomic E-state index is 12.2. The molecule has 3 aromatic carbocycles. The zero-order valence-corrected chi connectivity index (χ0v) is 18.0. The van der Waals surface area contributed by atoms with Crippen LogP contribution >= 0.6 is 15.9 Å². The van der Waals surface area contributed by atoms with E-state index in [-0.39, 0.29) is 11.4 Å². The number of benzene rings is 3. The monoisotopic (exact) mass is 497 g/mol. The molecule has 1 N–H and O–H groups in total. The van der Waals surface area contributed by atoms with Gasteiger partial charge in [0.15, 0.2) is 12.4 Å². The molecule has 10 heteroatoms. The number of carbonyl (C=O) groups is 2. The van der Waals surface area contributed by atoms with Crippen LogP contribution < -0.4 is 14.9 Å². The van der Waals surface area contributed by atoms with Crippen molar-refractivity contribution in [1.29, 1.82) is 0 Å². The third kappa shape index (κ3) is 6.22. The van der Waals surface area contributed by atoms with Crippen molar-refractivity contribution in [1.82, 2.24) is 5.43 Å². The van der Waals surface area contributed by atoms with Crippen molar-refractivity contribution in [3.8, 4) is 11.5 Å². The first-order valence-electron chi connectivity index (χ1n) is 9.19. The van der Waals surface area contributed by atoms with Crippen LogP contribution in [-0.2, 0) is 4.79 Å². The van der Waals surface area contributed by atoms with Crippen LogP contribution in [0.15, 0.2) is 82.4 Å². The molecule has 0 radical (unpaired) electrons. The van der Waals surface area contributed by atoms with Gasteiger partial charge in [-0.3, -0.25) is 14.9 Å². The molecule has 0 atom stereocenters. The third-order valence-electron chi connectivity index (χ3n) is 4.01. The van der Waals surface area contributed by atoms with Crippen molar-refractivity contribution in [2.75, 3.05) is 6.61 Å². The van der Waals surface area contributed by atoms with E-state index in [0.717, 1.165) is 0 Å². The van der Waals surface area contributed by atoms with Crippen LogP contribution in [0.4, 0.5) is 5.69 Å². The minimum absolute atomic E-state index is 0.00991. The summed E-state index contributed by atoms with van der Waals surface area (Å²) in [7, 11) is 0. The first-order valence-corrected chi connectivity index (χ1v) is 9.98. The molecule has 0 unspecified atom stereocenters. The Morgan fingerprint density at radius 2 is 1.72 bits per heavy atom. The molecule has 3 rings (SSSR count). The minimum Gasteiger partial charge on any atom is -0.477 e. The van der Waals surface area contributed by atoms with E-state index >= 15 is 0 Å². The maximum absolute atomic E-state index is 12.2. The Morgan fingerprint density at radius 3 is 2.44 bits per heavy atom. The normalized spacial score (nSPS) is 10.5. The summed E-state index contributed by atoms with van der Waals surface area (Å²) < 4.78 is 11.1. The van der Waals surface area contributed by atoms with E-state index in [0.29, 0.717) is 21.3 Å². The Morgan fingerprint density at radius 1 is 1.03 bits per heavy atom. The molecule has 0 aliphatic carbocycles. The van der Waals surface area contributed by atoms with Crippen molar-refractivity contribution in [3.05, 3.63) is 98.5 Å². The molecule has 0 aliphatic heterocycles. The van der Waals surface area contributed by atoms with Gasteiger partial charge in [0, 0.05) is 10.5 Å². The fourth-order valence-electron chi connectivity index (χ4n) is 2.50. The first kappa shape index (κ1) is 22.6. The number of nitro benzene ring substituents is 1. The van der Waals surface area contributed by atoms with Crippen molar-refractivity contribution >= 4 is 39.7 Å². The molecule has 0 saturated heterocycles. The molecular formula is C22H16BrN3O6. The lowest BCUT2D eigenvalue weighted by molar-refractivity contribution is -0.385. The SMILES string of the molecule is O=C(COc1ccccc1[N+](=O)[O-])NN=Cc1ccc(OC(=O)c2ccccc2Br)cc1. The quantitative estimate of drug-likeness (QED) is 0.164. The van der Waals surface area contributed by atoms with Gasteiger partial charge in [-0.1, -0.05) is 24.3 Å².